The Morgan fingerprint density at radius 3 is 2.48 bits per heavy atom. The van der Waals surface area contributed by atoms with Gasteiger partial charge < -0.3 is 5.11 Å². The summed E-state index contributed by atoms with van der Waals surface area (Å²) in [5.41, 5.74) is 2.98. The van der Waals surface area contributed by atoms with Crippen molar-refractivity contribution in [2.75, 3.05) is 0 Å². The van der Waals surface area contributed by atoms with E-state index in [2.05, 4.69) is 0 Å². The molecule has 1 heterocycles. The lowest BCUT2D eigenvalue weighted by molar-refractivity contribution is 0.0698. The number of benzene rings is 2. The molecule has 0 amide bonds. The second kappa shape index (κ2) is 6.75. The SMILES string of the molecule is NOCc1ccccc1-c1sc(-c2ccccc2)cc1C(=O)O. The van der Waals surface area contributed by atoms with Gasteiger partial charge in [-0.1, -0.05) is 54.6 Å². The van der Waals surface area contributed by atoms with Crippen molar-refractivity contribution < 1.29 is 14.7 Å². The van der Waals surface area contributed by atoms with Gasteiger partial charge in [-0.15, -0.1) is 11.3 Å². The predicted octanol–water partition coefficient (Wildman–Crippen LogP) is 4.17. The summed E-state index contributed by atoms with van der Waals surface area (Å²) in [5, 5.41) is 9.56. The Morgan fingerprint density at radius 1 is 1.09 bits per heavy atom. The molecule has 0 radical (unpaired) electrons. The lowest BCUT2D eigenvalue weighted by atomic mass is 10.0. The molecule has 0 atom stereocenters. The standard InChI is InChI=1S/C18H15NO3S/c19-22-11-13-8-4-5-9-14(13)17-15(18(20)21)10-16(23-17)12-6-2-1-3-7-12/h1-10H,11,19H2,(H,20,21). The number of thiophene rings is 1. The van der Waals surface area contributed by atoms with Gasteiger partial charge in [-0.05, 0) is 22.8 Å². The average molecular weight is 325 g/mol. The normalized spacial score (nSPS) is 10.7. The third kappa shape index (κ3) is 3.17. The number of hydrogen-bond donors (Lipinski definition) is 2. The first-order valence-corrected chi connectivity index (χ1v) is 7.85. The van der Waals surface area contributed by atoms with Crippen molar-refractivity contribution in [3.05, 3.63) is 71.8 Å². The maximum Gasteiger partial charge on any atom is 0.337 e. The minimum atomic E-state index is -0.943. The van der Waals surface area contributed by atoms with Gasteiger partial charge in [-0.3, -0.25) is 4.84 Å². The van der Waals surface area contributed by atoms with Crippen LogP contribution < -0.4 is 5.90 Å². The van der Waals surface area contributed by atoms with Gasteiger partial charge in [0, 0.05) is 9.75 Å². The zero-order chi connectivity index (χ0) is 16.2. The molecule has 2 aromatic carbocycles. The maximum absolute atomic E-state index is 11.7. The van der Waals surface area contributed by atoms with Gasteiger partial charge in [-0.2, -0.15) is 0 Å². The van der Waals surface area contributed by atoms with Crippen LogP contribution in [-0.4, -0.2) is 11.1 Å². The van der Waals surface area contributed by atoms with Crippen LogP contribution in [0.1, 0.15) is 15.9 Å². The van der Waals surface area contributed by atoms with Crippen molar-refractivity contribution in [1.29, 1.82) is 0 Å². The van der Waals surface area contributed by atoms with E-state index in [1.807, 2.05) is 54.6 Å². The number of carboxylic acids is 1. The molecule has 0 aliphatic carbocycles. The highest BCUT2D eigenvalue weighted by molar-refractivity contribution is 7.19. The first-order chi connectivity index (χ1) is 11.2. The van der Waals surface area contributed by atoms with Crippen LogP contribution in [0.15, 0.2) is 60.7 Å². The van der Waals surface area contributed by atoms with E-state index < -0.39 is 5.97 Å². The zero-order valence-corrected chi connectivity index (χ0v) is 13.0. The minimum absolute atomic E-state index is 0.230. The van der Waals surface area contributed by atoms with Crippen LogP contribution in [0.5, 0.6) is 0 Å². The minimum Gasteiger partial charge on any atom is -0.478 e. The van der Waals surface area contributed by atoms with Crippen molar-refractivity contribution >= 4 is 17.3 Å². The summed E-state index contributed by atoms with van der Waals surface area (Å²) in [6.45, 7) is 0.230. The molecule has 3 N–H and O–H groups in total. The molecule has 0 saturated carbocycles. The van der Waals surface area contributed by atoms with Crippen LogP contribution >= 0.6 is 11.3 Å². The Morgan fingerprint density at radius 2 is 1.78 bits per heavy atom. The zero-order valence-electron chi connectivity index (χ0n) is 12.2. The van der Waals surface area contributed by atoms with Crippen LogP contribution in [0.4, 0.5) is 0 Å². The van der Waals surface area contributed by atoms with Gasteiger partial charge in [-0.25, -0.2) is 10.7 Å². The summed E-state index contributed by atoms with van der Waals surface area (Å²) >= 11 is 1.46. The van der Waals surface area contributed by atoms with E-state index in [-0.39, 0.29) is 6.61 Å². The van der Waals surface area contributed by atoms with Crippen molar-refractivity contribution in [3.8, 4) is 20.9 Å². The molecule has 5 heteroatoms. The highest BCUT2D eigenvalue weighted by Crippen LogP contribution is 2.39. The molecule has 1 aromatic heterocycles. The Kier molecular flexibility index (Phi) is 4.52. The molecular weight excluding hydrogens is 310 g/mol. The molecule has 3 rings (SSSR count). The van der Waals surface area contributed by atoms with Gasteiger partial charge in [0.25, 0.3) is 0 Å². The molecule has 3 aromatic rings. The molecule has 0 bridgehead atoms. The molecule has 0 unspecified atom stereocenters. The van der Waals surface area contributed by atoms with E-state index in [1.165, 1.54) is 11.3 Å². The predicted molar refractivity (Wildman–Crippen MR) is 91.1 cm³/mol. The molecule has 116 valence electrons. The molecule has 0 aliphatic rings. The third-order valence-corrected chi connectivity index (χ3v) is 4.74. The first-order valence-electron chi connectivity index (χ1n) is 7.03. The van der Waals surface area contributed by atoms with Crippen molar-refractivity contribution in [2.24, 2.45) is 5.90 Å². The molecule has 23 heavy (non-hydrogen) atoms. The second-order valence-electron chi connectivity index (χ2n) is 4.99. The fraction of sp³-hybridized carbons (Fsp3) is 0.0556. The summed E-state index contributed by atoms with van der Waals surface area (Å²) in [6.07, 6.45) is 0. The van der Waals surface area contributed by atoms with Gasteiger partial charge >= 0.3 is 5.97 Å². The highest BCUT2D eigenvalue weighted by atomic mass is 32.1. The van der Waals surface area contributed by atoms with Crippen LogP contribution in [0.3, 0.4) is 0 Å². The first kappa shape index (κ1) is 15.4. The quantitative estimate of drug-likeness (QED) is 0.691. The summed E-state index contributed by atoms with van der Waals surface area (Å²) in [6, 6.07) is 19.0. The van der Waals surface area contributed by atoms with E-state index in [0.717, 1.165) is 21.6 Å². The van der Waals surface area contributed by atoms with E-state index in [0.29, 0.717) is 10.4 Å². The lowest BCUT2D eigenvalue weighted by Crippen LogP contribution is -2.01. The topological polar surface area (TPSA) is 72.5 Å². The molecule has 0 saturated heterocycles. The molecule has 4 nitrogen and oxygen atoms in total. The number of rotatable bonds is 5. The van der Waals surface area contributed by atoms with Crippen molar-refractivity contribution in [1.82, 2.24) is 0 Å². The van der Waals surface area contributed by atoms with Gasteiger partial charge in [0.2, 0.25) is 0 Å². The van der Waals surface area contributed by atoms with E-state index in [9.17, 15) is 9.90 Å². The van der Waals surface area contributed by atoms with Gasteiger partial charge in [0.15, 0.2) is 0 Å². The van der Waals surface area contributed by atoms with E-state index in [1.54, 1.807) is 6.07 Å². The van der Waals surface area contributed by atoms with Crippen LogP contribution in [0.2, 0.25) is 0 Å². The van der Waals surface area contributed by atoms with Crippen molar-refractivity contribution in [2.45, 2.75) is 6.61 Å². The fourth-order valence-corrected chi connectivity index (χ4v) is 3.67. The van der Waals surface area contributed by atoms with Crippen LogP contribution in [0.25, 0.3) is 20.9 Å². The maximum atomic E-state index is 11.7. The number of nitrogens with two attached hydrogens (primary N) is 1. The van der Waals surface area contributed by atoms with Crippen molar-refractivity contribution in [3.63, 3.8) is 0 Å². The second-order valence-corrected chi connectivity index (χ2v) is 6.04. The smallest absolute Gasteiger partial charge is 0.337 e. The Labute approximate surface area is 137 Å². The summed E-state index contributed by atoms with van der Waals surface area (Å²) in [7, 11) is 0. The Balaban J connectivity index is 2.16. The fourth-order valence-electron chi connectivity index (χ4n) is 2.45. The largest absolute Gasteiger partial charge is 0.478 e. The average Bonchev–Trinajstić information content (AvgIpc) is 3.02. The van der Waals surface area contributed by atoms with E-state index >= 15 is 0 Å². The number of carboxylic acid groups (broad SMARTS) is 1. The number of hydrogen-bond acceptors (Lipinski definition) is 4. The van der Waals surface area contributed by atoms with E-state index in [4.69, 9.17) is 10.7 Å². The molecule has 0 fully saturated rings. The third-order valence-electron chi connectivity index (χ3n) is 3.52. The Hall–Kier alpha value is -2.47. The summed E-state index contributed by atoms with van der Waals surface area (Å²) in [4.78, 5) is 18.0. The van der Waals surface area contributed by atoms with Crippen LogP contribution in [-0.2, 0) is 11.4 Å². The van der Waals surface area contributed by atoms with Gasteiger partial charge in [0.05, 0.1) is 12.2 Å². The molecular formula is C18H15NO3S. The molecule has 0 aliphatic heterocycles. The number of carbonyl (C=O) groups is 1. The Bertz CT molecular complexity index is 827. The summed E-state index contributed by atoms with van der Waals surface area (Å²) in [5.74, 6) is 4.25. The van der Waals surface area contributed by atoms with Crippen LogP contribution in [0, 0.1) is 0 Å². The monoisotopic (exact) mass is 325 g/mol. The molecule has 0 spiro atoms. The lowest BCUT2D eigenvalue weighted by Gasteiger charge is -2.07. The highest BCUT2D eigenvalue weighted by Gasteiger charge is 2.19. The summed E-state index contributed by atoms with van der Waals surface area (Å²) < 4.78 is 0. The van der Waals surface area contributed by atoms with Gasteiger partial charge in [0.1, 0.15) is 0 Å². The number of aromatic carboxylic acids is 1.